The maximum absolute atomic E-state index is 13.0. The topological polar surface area (TPSA) is 113 Å². The number of hydrogen-bond donors (Lipinski definition) is 3. The number of piperidine rings is 1. The van der Waals surface area contributed by atoms with Crippen molar-refractivity contribution in [1.29, 1.82) is 0 Å². The van der Waals surface area contributed by atoms with Gasteiger partial charge < -0.3 is 21.3 Å². The maximum atomic E-state index is 13.0. The molecule has 146 valence electrons. The van der Waals surface area contributed by atoms with Crippen molar-refractivity contribution in [2.24, 2.45) is 0 Å². The smallest absolute Gasteiger partial charge is 0.263 e. The number of aromatic nitrogens is 4. The van der Waals surface area contributed by atoms with Gasteiger partial charge in [0.25, 0.3) is 5.91 Å². The average molecular weight is 380 g/mol. The Morgan fingerprint density at radius 2 is 2.07 bits per heavy atom. The summed E-state index contributed by atoms with van der Waals surface area (Å²) in [5.41, 5.74) is 9.32. The molecule has 1 aliphatic heterocycles. The number of nitrogen functional groups attached to an aromatic ring is 1. The largest absolute Gasteiger partial charge is 0.381 e. The van der Waals surface area contributed by atoms with Gasteiger partial charge in [-0.3, -0.25) is 9.78 Å². The van der Waals surface area contributed by atoms with Gasteiger partial charge >= 0.3 is 0 Å². The number of carbonyl (C=O) groups excluding carboxylic acids is 1. The molecule has 9 heteroatoms. The van der Waals surface area contributed by atoms with Crippen LogP contribution in [0.5, 0.6) is 0 Å². The molecule has 0 unspecified atom stereocenters. The molecule has 0 aliphatic carbocycles. The molecule has 4 N–H and O–H groups in total. The van der Waals surface area contributed by atoms with Crippen molar-refractivity contribution in [3.63, 3.8) is 0 Å². The standard InChI is InChI=1S/C19H24N8O/c1-21-9-13-10-23-18-16(17(20)25-27(18)12-13)19(28)24-14-11-22-6-5-15(14)26-7-3-2-4-8-26/h5-6,10-12,21H,2-4,7-9H2,1H3,(H2,20,25)(H,24,28). The highest BCUT2D eigenvalue weighted by Crippen LogP contribution is 2.28. The van der Waals surface area contributed by atoms with E-state index >= 15 is 0 Å². The second-order valence-electron chi connectivity index (χ2n) is 6.92. The normalized spacial score (nSPS) is 14.4. The van der Waals surface area contributed by atoms with Crippen LogP contribution in [0.4, 0.5) is 17.2 Å². The van der Waals surface area contributed by atoms with Crippen LogP contribution in [0.15, 0.2) is 30.9 Å². The highest BCUT2D eigenvalue weighted by Gasteiger charge is 2.22. The maximum Gasteiger partial charge on any atom is 0.263 e. The fourth-order valence-corrected chi connectivity index (χ4v) is 3.58. The molecule has 4 rings (SSSR count). The summed E-state index contributed by atoms with van der Waals surface area (Å²) in [6.45, 7) is 2.60. The number of carbonyl (C=O) groups is 1. The predicted octanol–water partition coefficient (Wildman–Crippen LogP) is 1.67. The lowest BCUT2D eigenvalue weighted by Crippen LogP contribution is -2.30. The molecule has 0 spiro atoms. The molecule has 0 atom stereocenters. The summed E-state index contributed by atoms with van der Waals surface area (Å²) in [5.74, 6) is -0.192. The second-order valence-corrected chi connectivity index (χ2v) is 6.92. The van der Waals surface area contributed by atoms with Gasteiger partial charge in [-0.05, 0) is 32.4 Å². The highest BCUT2D eigenvalue weighted by atomic mass is 16.1. The monoisotopic (exact) mass is 380 g/mol. The van der Waals surface area contributed by atoms with Crippen molar-refractivity contribution in [2.75, 3.05) is 36.1 Å². The summed E-state index contributed by atoms with van der Waals surface area (Å²) in [5, 5.41) is 10.3. The Labute approximate surface area is 163 Å². The van der Waals surface area contributed by atoms with Crippen molar-refractivity contribution >= 4 is 28.7 Å². The zero-order valence-corrected chi connectivity index (χ0v) is 15.9. The number of amides is 1. The van der Waals surface area contributed by atoms with Gasteiger partial charge in [0.1, 0.15) is 5.56 Å². The number of nitrogens with one attached hydrogen (secondary N) is 2. The first kappa shape index (κ1) is 18.2. The van der Waals surface area contributed by atoms with Crippen LogP contribution in [0.25, 0.3) is 5.65 Å². The van der Waals surface area contributed by atoms with Crippen LogP contribution < -0.4 is 21.3 Å². The lowest BCUT2D eigenvalue weighted by atomic mass is 10.1. The molecule has 0 radical (unpaired) electrons. The molecule has 0 bridgehead atoms. The number of rotatable bonds is 5. The number of anilines is 3. The summed E-state index contributed by atoms with van der Waals surface area (Å²) in [7, 11) is 1.86. The lowest BCUT2D eigenvalue weighted by molar-refractivity contribution is 0.102. The van der Waals surface area contributed by atoms with Crippen molar-refractivity contribution in [3.05, 3.63) is 42.0 Å². The van der Waals surface area contributed by atoms with E-state index in [1.54, 1.807) is 23.1 Å². The minimum Gasteiger partial charge on any atom is -0.381 e. The molecule has 0 saturated carbocycles. The molecule has 3 aromatic heterocycles. The molecular weight excluding hydrogens is 356 g/mol. The van der Waals surface area contributed by atoms with Crippen molar-refractivity contribution in [2.45, 2.75) is 25.8 Å². The Hall–Kier alpha value is -3.20. The summed E-state index contributed by atoms with van der Waals surface area (Å²) in [6, 6.07) is 1.93. The van der Waals surface area contributed by atoms with Crippen molar-refractivity contribution in [1.82, 2.24) is 24.9 Å². The highest BCUT2D eigenvalue weighted by molar-refractivity contribution is 6.12. The Morgan fingerprint density at radius 3 is 2.86 bits per heavy atom. The van der Waals surface area contributed by atoms with Gasteiger partial charge in [0.05, 0.1) is 17.6 Å². The summed E-state index contributed by atoms with van der Waals surface area (Å²) in [6.07, 6.45) is 10.5. The first-order valence-corrected chi connectivity index (χ1v) is 9.45. The van der Waals surface area contributed by atoms with Gasteiger partial charge in [-0.15, -0.1) is 5.10 Å². The van der Waals surface area contributed by atoms with E-state index in [2.05, 4.69) is 30.6 Å². The summed E-state index contributed by atoms with van der Waals surface area (Å²) < 4.78 is 1.55. The van der Waals surface area contributed by atoms with E-state index in [-0.39, 0.29) is 17.3 Å². The SMILES string of the molecule is CNCc1cnc2c(C(=O)Nc3cnccc3N3CCCCC3)c(N)nn2c1. The fourth-order valence-electron chi connectivity index (χ4n) is 3.58. The van der Waals surface area contributed by atoms with E-state index in [0.717, 1.165) is 37.2 Å². The third-order valence-corrected chi connectivity index (χ3v) is 4.90. The second kappa shape index (κ2) is 7.81. The number of hydrogen-bond acceptors (Lipinski definition) is 7. The zero-order chi connectivity index (χ0) is 19.5. The molecule has 9 nitrogen and oxygen atoms in total. The number of nitrogens with zero attached hydrogens (tertiary/aromatic N) is 5. The first-order chi connectivity index (χ1) is 13.7. The van der Waals surface area contributed by atoms with Gasteiger partial charge in [-0.2, -0.15) is 0 Å². The van der Waals surface area contributed by atoms with Gasteiger partial charge in [-0.25, -0.2) is 9.50 Å². The number of fused-ring (bicyclic) bond motifs is 1. The van der Waals surface area contributed by atoms with Crippen LogP contribution in [0, 0.1) is 0 Å². The molecule has 0 aromatic carbocycles. The fraction of sp³-hybridized carbons (Fsp3) is 0.368. The Balaban J connectivity index is 1.63. The zero-order valence-electron chi connectivity index (χ0n) is 15.9. The van der Waals surface area contributed by atoms with Crippen LogP contribution in [0.3, 0.4) is 0 Å². The third kappa shape index (κ3) is 3.48. The van der Waals surface area contributed by atoms with E-state index in [4.69, 9.17) is 5.73 Å². The number of nitrogens with two attached hydrogens (primary N) is 1. The minimum absolute atomic E-state index is 0.148. The molecule has 3 aromatic rings. The van der Waals surface area contributed by atoms with Gasteiger partial charge in [0.15, 0.2) is 11.5 Å². The minimum atomic E-state index is -0.340. The Kier molecular flexibility index (Phi) is 5.07. The van der Waals surface area contributed by atoms with Crippen LogP contribution in [0.1, 0.15) is 35.2 Å². The van der Waals surface area contributed by atoms with Crippen LogP contribution in [0.2, 0.25) is 0 Å². The van der Waals surface area contributed by atoms with Crippen LogP contribution in [-0.2, 0) is 6.54 Å². The van der Waals surface area contributed by atoms with E-state index in [1.807, 2.05) is 19.3 Å². The molecule has 4 heterocycles. The Bertz CT molecular complexity index is 993. The molecule has 1 fully saturated rings. The van der Waals surface area contributed by atoms with Crippen LogP contribution in [-0.4, -0.2) is 45.6 Å². The van der Waals surface area contributed by atoms with Gasteiger partial charge in [-0.1, -0.05) is 0 Å². The molecule has 28 heavy (non-hydrogen) atoms. The van der Waals surface area contributed by atoms with E-state index < -0.39 is 0 Å². The lowest BCUT2D eigenvalue weighted by Gasteiger charge is -2.30. The first-order valence-electron chi connectivity index (χ1n) is 9.45. The van der Waals surface area contributed by atoms with Crippen molar-refractivity contribution < 1.29 is 4.79 Å². The van der Waals surface area contributed by atoms with E-state index in [1.165, 1.54) is 6.42 Å². The Morgan fingerprint density at radius 1 is 1.25 bits per heavy atom. The summed E-state index contributed by atoms with van der Waals surface area (Å²) in [4.78, 5) is 23.9. The van der Waals surface area contributed by atoms with E-state index in [9.17, 15) is 4.79 Å². The van der Waals surface area contributed by atoms with E-state index in [0.29, 0.717) is 17.9 Å². The average Bonchev–Trinajstić information content (AvgIpc) is 3.04. The molecule has 1 amide bonds. The predicted molar refractivity (Wildman–Crippen MR) is 108 cm³/mol. The quantitative estimate of drug-likeness (QED) is 0.617. The van der Waals surface area contributed by atoms with Gasteiger partial charge in [0, 0.05) is 43.8 Å². The number of pyridine rings is 1. The molecule has 1 saturated heterocycles. The molecule has 1 aliphatic rings. The summed E-state index contributed by atoms with van der Waals surface area (Å²) >= 11 is 0. The van der Waals surface area contributed by atoms with Crippen LogP contribution >= 0.6 is 0 Å². The third-order valence-electron chi connectivity index (χ3n) is 4.90. The van der Waals surface area contributed by atoms with Gasteiger partial charge in [0.2, 0.25) is 0 Å². The van der Waals surface area contributed by atoms with Crippen molar-refractivity contribution in [3.8, 4) is 0 Å². The molecular formula is C19H24N8O.